The summed E-state index contributed by atoms with van der Waals surface area (Å²) in [5.74, 6) is 1.53. The fourth-order valence-corrected chi connectivity index (χ4v) is 5.75. The minimum absolute atomic E-state index is 0. The number of carbonyl (C=O) groups excluding carboxylic acids is 2. The van der Waals surface area contributed by atoms with Crippen molar-refractivity contribution >= 4 is 61.4 Å². The van der Waals surface area contributed by atoms with Gasteiger partial charge in [0.25, 0.3) is 0 Å². The van der Waals surface area contributed by atoms with Crippen LogP contribution in [0.15, 0.2) is 24.3 Å². The number of ether oxygens (including phenoxy) is 2. The number of nitrogens with two attached hydrogens (primary N) is 4. The van der Waals surface area contributed by atoms with Crippen molar-refractivity contribution in [2.45, 2.75) is 142 Å². The molecule has 14 heteroatoms. The van der Waals surface area contributed by atoms with Gasteiger partial charge >= 0.3 is 0 Å². The molecule has 2 amide bonds. The maximum atomic E-state index is 13.1. The van der Waals surface area contributed by atoms with Gasteiger partial charge in [-0.25, -0.2) is 0 Å². The average molecular weight is 823 g/mol. The Labute approximate surface area is 341 Å². The van der Waals surface area contributed by atoms with Gasteiger partial charge in [0.1, 0.15) is 11.5 Å². The van der Waals surface area contributed by atoms with Gasteiger partial charge in [0.15, 0.2) is 0 Å². The molecular formula is C38H76Cl4N6O4. The molecule has 0 bridgehead atoms. The molecule has 0 radical (unpaired) electrons. The molecule has 1 aromatic rings. The van der Waals surface area contributed by atoms with E-state index >= 15 is 0 Å². The van der Waals surface area contributed by atoms with Crippen molar-refractivity contribution in [2.24, 2.45) is 22.9 Å². The van der Waals surface area contributed by atoms with E-state index in [-0.39, 0.29) is 61.4 Å². The Balaban J connectivity index is -0.00000288. The van der Waals surface area contributed by atoms with E-state index in [0.717, 1.165) is 88.8 Å². The first kappa shape index (κ1) is 57.5. The smallest absolute Gasteiger partial charge is 0.239 e. The van der Waals surface area contributed by atoms with Crippen LogP contribution in [0.2, 0.25) is 0 Å². The maximum absolute atomic E-state index is 13.1. The van der Waals surface area contributed by atoms with Crippen LogP contribution in [0.1, 0.15) is 129 Å². The minimum atomic E-state index is -0.476. The van der Waals surface area contributed by atoms with Gasteiger partial charge in [-0.2, -0.15) is 0 Å². The van der Waals surface area contributed by atoms with Crippen molar-refractivity contribution in [1.82, 2.24) is 9.80 Å². The summed E-state index contributed by atoms with van der Waals surface area (Å²) < 4.78 is 12.1. The van der Waals surface area contributed by atoms with Gasteiger partial charge in [0.05, 0.1) is 25.3 Å². The van der Waals surface area contributed by atoms with Crippen LogP contribution in [0, 0.1) is 0 Å². The first-order valence-corrected chi connectivity index (χ1v) is 19.2. The van der Waals surface area contributed by atoms with Crippen LogP contribution in [0.25, 0.3) is 0 Å². The van der Waals surface area contributed by atoms with Crippen molar-refractivity contribution in [3.63, 3.8) is 0 Å². The Bertz CT molecular complexity index is 887. The van der Waals surface area contributed by atoms with E-state index in [1.165, 1.54) is 38.5 Å². The monoisotopic (exact) mass is 820 g/mol. The molecular weight excluding hydrogens is 746 g/mol. The van der Waals surface area contributed by atoms with Gasteiger partial charge in [-0.15, -0.1) is 49.6 Å². The highest BCUT2D eigenvalue weighted by Gasteiger charge is 2.21. The normalized spacial score (nSPS) is 11.5. The zero-order valence-electron chi connectivity index (χ0n) is 32.3. The third-order valence-electron chi connectivity index (χ3n) is 8.75. The Morgan fingerprint density at radius 3 is 1.29 bits per heavy atom. The molecule has 8 N–H and O–H groups in total. The number of nitrogens with zero attached hydrogens (tertiary/aromatic N) is 2. The molecule has 1 aromatic carbocycles. The van der Waals surface area contributed by atoms with E-state index in [4.69, 9.17) is 32.4 Å². The minimum Gasteiger partial charge on any atom is -0.493 e. The number of carbonyl (C=O) groups is 2. The van der Waals surface area contributed by atoms with E-state index in [1.807, 2.05) is 34.1 Å². The summed E-state index contributed by atoms with van der Waals surface area (Å²) in [5.41, 5.74) is 23.8. The number of amides is 2. The number of hydrogen-bond acceptors (Lipinski definition) is 8. The lowest BCUT2D eigenvalue weighted by Gasteiger charge is -2.26. The molecule has 0 aliphatic carbocycles. The highest BCUT2D eigenvalue weighted by molar-refractivity contribution is 5.86. The molecule has 0 fully saturated rings. The van der Waals surface area contributed by atoms with Crippen LogP contribution in [0.4, 0.5) is 0 Å². The van der Waals surface area contributed by atoms with Crippen LogP contribution in [-0.2, 0) is 9.59 Å². The zero-order valence-corrected chi connectivity index (χ0v) is 35.6. The first-order chi connectivity index (χ1) is 23.4. The van der Waals surface area contributed by atoms with Gasteiger partial charge in [-0.05, 0) is 76.6 Å². The molecule has 0 aliphatic rings. The van der Waals surface area contributed by atoms with Crippen molar-refractivity contribution in [2.75, 3.05) is 52.5 Å². The Morgan fingerprint density at radius 2 is 0.923 bits per heavy atom. The molecule has 0 aromatic heterocycles. The number of benzene rings is 1. The number of rotatable bonds is 32. The van der Waals surface area contributed by atoms with Crippen LogP contribution < -0.4 is 32.4 Å². The lowest BCUT2D eigenvalue weighted by atomic mass is 10.1. The molecule has 310 valence electrons. The van der Waals surface area contributed by atoms with Crippen molar-refractivity contribution < 1.29 is 19.1 Å². The van der Waals surface area contributed by atoms with Crippen LogP contribution in [0.5, 0.6) is 11.5 Å². The quantitative estimate of drug-likeness (QED) is 0.0546. The SMILES string of the molecule is CCCCCCCN(CCCOc1cccc(OCCCN(CCCCCCC)C(=O)[C@@H](N)CCCCN)c1)C(=O)[C@@H](N)CCCCN.Cl.Cl.Cl.Cl. The summed E-state index contributed by atoms with van der Waals surface area (Å²) in [7, 11) is 0. The second kappa shape index (κ2) is 39.5. The van der Waals surface area contributed by atoms with E-state index in [9.17, 15) is 9.59 Å². The summed E-state index contributed by atoms with van der Waals surface area (Å²) in [6.07, 6.45) is 17.8. The molecule has 0 unspecified atom stereocenters. The van der Waals surface area contributed by atoms with Gasteiger partial charge in [-0.3, -0.25) is 9.59 Å². The van der Waals surface area contributed by atoms with Gasteiger partial charge in [0.2, 0.25) is 11.8 Å². The lowest BCUT2D eigenvalue weighted by Crippen LogP contribution is -2.45. The number of unbranched alkanes of at least 4 members (excludes halogenated alkanes) is 10. The van der Waals surface area contributed by atoms with Crippen LogP contribution in [0.3, 0.4) is 0 Å². The van der Waals surface area contributed by atoms with Gasteiger partial charge < -0.3 is 42.2 Å². The van der Waals surface area contributed by atoms with E-state index in [0.29, 0.717) is 52.2 Å². The van der Waals surface area contributed by atoms with Crippen LogP contribution >= 0.6 is 49.6 Å². The fraction of sp³-hybridized carbons (Fsp3) is 0.789. The maximum Gasteiger partial charge on any atom is 0.239 e. The van der Waals surface area contributed by atoms with Crippen molar-refractivity contribution in [1.29, 1.82) is 0 Å². The standard InChI is InChI=1S/C38H72N6O4.4ClH/c1-3-5-7-9-15-26-43(37(45)35(41)22-11-13-24-39)28-18-30-47-33-20-17-21-34(32-33)48-31-19-29-44(27-16-10-8-6-4-2)38(46)36(42)23-12-14-25-40;;;;/h17,20-21,32,35-36H,3-16,18-19,22-31,39-42H2,1-2H3;4*1H/t35-,36-;;;;/m0..../s1. The Hall–Kier alpha value is -1.24. The third-order valence-corrected chi connectivity index (χ3v) is 8.75. The average Bonchev–Trinajstić information content (AvgIpc) is 3.09. The second-order valence-corrected chi connectivity index (χ2v) is 13.1. The van der Waals surface area contributed by atoms with E-state index in [1.54, 1.807) is 0 Å². The summed E-state index contributed by atoms with van der Waals surface area (Å²) in [6.45, 7) is 9.35. The highest BCUT2D eigenvalue weighted by atomic mass is 35.5. The summed E-state index contributed by atoms with van der Waals surface area (Å²) in [4.78, 5) is 30.1. The summed E-state index contributed by atoms with van der Waals surface area (Å²) in [5, 5.41) is 0. The molecule has 0 heterocycles. The molecule has 52 heavy (non-hydrogen) atoms. The summed E-state index contributed by atoms with van der Waals surface area (Å²) in [6, 6.07) is 6.70. The fourth-order valence-electron chi connectivity index (χ4n) is 5.75. The molecule has 2 atom stereocenters. The number of hydrogen-bond donors (Lipinski definition) is 4. The third kappa shape index (κ3) is 28.2. The predicted octanol–water partition coefficient (Wildman–Crippen LogP) is 7.42. The van der Waals surface area contributed by atoms with Crippen molar-refractivity contribution in [3.05, 3.63) is 24.3 Å². The van der Waals surface area contributed by atoms with E-state index < -0.39 is 12.1 Å². The molecule has 10 nitrogen and oxygen atoms in total. The van der Waals surface area contributed by atoms with Gasteiger partial charge in [-0.1, -0.05) is 84.1 Å². The second-order valence-electron chi connectivity index (χ2n) is 13.1. The van der Waals surface area contributed by atoms with E-state index in [2.05, 4.69) is 13.8 Å². The lowest BCUT2D eigenvalue weighted by molar-refractivity contribution is -0.133. The zero-order chi connectivity index (χ0) is 35.2. The molecule has 0 saturated carbocycles. The predicted molar refractivity (Wildman–Crippen MR) is 228 cm³/mol. The van der Waals surface area contributed by atoms with Crippen molar-refractivity contribution in [3.8, 4) is 11.5 Å². The van der Waals surface area contributed by atoms with Crippen LogP contribution in [-0.4, -0.2) is 86.2 Å². The topological polar surface area (TPSA) is 163 Å². The Morgan fingerprint density at radius 1 is 0.558 bits per heavy atom. The molecule has 0 spiro atoms. The first-order valence-electron chi connectivity index (χ1n) is 19.2. The Kier molecular flexibility index (Phi) is 43.6. The largest absolute Gasteiger partial charge is 0.493 e. The molecule has 0 aliphatic heterocycles. The molecule has 0 saturated heterocycles. The summed E-state index contributed by atoms with van der Waals surface area (Å²) >= 11 is 0. The highest BCUT2D eigenvalue weighted by Crippen LogP contribution is 2.20. The number of halogens is 4. The van der Waals surface area contributed by atoms with Gasteiger partial charge in [0, 0.05) is 32.2 Å². The molecule has 1 rings (SSSR count).